The van der Waals surface area contributed by atoms with Crippen LogP contribution in [0.15, 0.2) is 6.07 Å². The number of morpholine rings is 1. The Kier molecular flexibility index (Phi) is 6.20. The van der Waals surface area contributed by atoms with Crippen molar-refractivity contribution >= 4 is 11.8 Å². The minimum atomic E-state index is 0.344. The Hall–Kier alpha value is -1.40. The zero-order chi connectivity index (χ0) is 15.1. The maximum atomic E-state index is 5.38. The van der Waals surface area contributed by atoms with Gasteiger partial charge in [0, 0.05) is 44.0 Å². The fourth-order valence-corrected chi connectivity index (χ4v) is 2.43. The summed E-state index contributed by atoms with van der Waals surface area (Å²) in [6, 6.07) is 2.34. The first-order chi connectivity index (χ1) is 10.2. The van der Waals surface area contributed by atoms with Crippen LogP contribution in [0.5, 0.6) is 0 Å². The molecule has 1 atom stereocenters. The molecule has 0 aromatic carbocycles. The average Bonchev–Trinajstić information content (AvgIpc) is 2.45. The van der Waals surface area contributed by atoms with Crippen molar-refractivity contribution in [1.82, 2.24) is 14.9 Å². The third-order valence-electron chi connectivity index (χ3n) is 3.42. The lowest BCUT2D eigenvalue weighted by atomic mass is 10.3. The van der Waals surface area contributed by atoms with E-state index in [1.165, 1.54) is 0 Å². The van der Waals surface area contributed by atoms with Gasteiger partial charge in [-0.15, -0.1) is 0 Å². The van der Waals surface area contributed by atoms with Gasteiger partial charge in [-0.1, -0.05) is 6.92 Å². The highest BCUT2D eigenvalue weighted by molar-refractivity contribution is 5.42. The third-order valence-corrected chi connectivity index (χ3v) is 3.42. The summed E-state index contributed by atoms with van der Waals surface area (Å²) < 4.78 is 5.38. The molecule has 2 rings (SSSR count). The highest BCUT2D eigenvalue weighted by Crippen LogP contribution is 2.11. The van der Waals surface area contributed by atoms with Gasteiger partial charge in [-0.25, -0.2) is 4.98 Å². The van der Waals surface area contributed by atoms with Gasteiger partial charge in [0.15, 0.2) is 0 Å². The number of rotatable bonds is 7. The van der Waals surface area contributed by atoms with Crippen LogP contribution in [0.2, 0.25) is 0 Å². The van der Waals surface area contributed by atoms with E-state index in [0.717, 1.165) is 57.3 Å². The average molecular weight is 293 g/mol. The van der Waals surface area contributed by atoms with E-state index in [2.05, 4.69) is 39.3 Å². The van der Waals surface area contributed by atoms with Crippen molar-refractivity contribution in [1.29, 1.82) is 0 Å². The first kappa shape index (κ1) is 16.0. The normalized spacial score (nSPS) is 17.5. The zero-order valence-electron chi connectivity index (χ0n) is 13.4. The van der Waals surface area contributed by atoms with Crippen molar-refractivity contribution in [2.75, 3.05) is 50.0 Å². The molecule has 0 amide bonds. The van der Waals surface area contributed by atoms with Crippen LogP contribution in [0.25, 0.3) is 0 Å². The van der Waals surface area contributed by atoms with Crippen molar-refractivity contribution in [2.24, 2.45) is 0 Å². The molecule has 1 aromatic rings. The quantitative estimate of drug-likeness (QED) is 0.798. The monoisotopic (exact) mass is 293 g/mol. The number of nitrogens with one attached hydrogen (secondary N) is 2. The smallest absolute Gasteiger partial charge is 0.224 e. The molecule has 0 bridgehead atoms. The summed E-state index contributed by atoms with van der Waals surface area (Å²) >= 11 is 0. The Bertz CT molecular complexity index is 434. The van der Waals surface area contributed by atoms with Crippen LogP contribution in [0.3, 0.4) is 0 Å². The summed E-state index contributed by atoms with van der Waals surface area (Å²) in [4.78, 5) is 11.4. The molecule has 1 aliphatic rings. The van der Waals surface area contributed by atoms with Crippen LogP contribution < -0.4 is 10.6 Å². The van der Waals surface area contributed by atoms with E-state index in [9.17, 15) is 0 Å². The number of hydrogen-bond donors (Lipinski definition) is 2. The largest absolute Gasteiger partial charge is 0.379 e. The molecule has 1 fully saturated rings. The SMILES string of the molecule is CCCNc1nc(C)cc(NC(C)CN2CCOCC2)n1. The van der Waals surface area contributed by atoms with Crippen molar-refractivity contribution in [2.45, 2.75) is 33.2 Å². The van der Waals surface area contributed by atoms with Crippen LogP contribution in [-0.2, 0) is 4.74 Å². The van der Waals surface area contributed by atoms with Gasteiger partial charge >= 0.3 is 0 Å². The number of hydrogen-bond acceptors (Lipinski definition) is 6. The van der Waals surface area contributed by atoms with Crippen LogP contribution in [0, 0.1) is 6.92 Å². The first-order valence-electron chi connectivity index (χ1n) is 7.83. The molecule has 118 valence electrons. The lowest BCUT2D eigenvalue weighted by Crippen LogP contribution is -2.42. The number of aromatic nitrogens is 2. The predicted molar refractivity (Wildman–Crippen MR) is 85.9 cm³/mol. The summed E-state index contributed by atoms with van der Waals surface area (Å²) in [6.45, 7) is 11.9. The van der Waals surface area contributed by atoms with Crippen LogP contribution in [0.1, 0.15) is 26.0 Å². The predicted octanol–water partition coefficient (Wildman–Crippen LogP) is 1.74. The second-order valence-corrected chi connectivity index (χ2v) is 5.60. The Balaban J connectivity index is 1.89. The molecule has 2 N–H and O–H groups in total. The van der Waals surface area contributed by atoms with E-state index in [0.29, 0.717) is 12.0 Å². The molecule has 1 saturated heterocycles. The summed E-state index contributed by atoms with van der Waals surface area (Å²) in [6.07, 6.45) is 1.06. The number of ether oxygens (including phenoxy) is 1. The van der Waals surface area contributed by atoms with E-state index in [-0.39, 0.29) is 0 Å². The molecule has 6 nitrogen and oxygen atoms in total. The van der Waals surface area contributed by atoms with E-state index in [1.54, 1.807) is 0 Å². The Labute approximate surface area is 127 Å². The van der Waals surface area contributed by atoms with Gasteiger partial charge in [-0.2, -0.15) is 4.98 Å². The van der Waals surface area contributed by atoms with E-state index < -0.39 is 0 Å². The maximum Gasteiger partial charge on any atom is 0.224 e. The summed E-state index contributed by atoms with van der Waals surface area (Å²) in [5.41, 5.74) is 0.977. The molecule has 1 unspecified atom stereocenters. The maximum absolute atomic E-state index is 5.38. The number of aryl methyl sites for hydroxylation is 1. The van der Waals surface area contributed by atoms with Gasteiger partial charge in [0.2, 0.25) is 5.95 Å². The Morgan fingerprint density at radius 2 is 2.10 bits per heavy atom. The minimum Gasteiger partial charge on any atom is -0.379 e. The first-order valence-corrected chi connectivity index (χ1v) is 7.83. The fraction of sp³-hybridized carbons (Fsp3) is 0.733. The summed E-state index contributed by atoms with van der Waals surface area (Å²) in [7, 11) is 0. The van der Waals surface area contributed by atoms with Crippen molar-refractivity contribution in [3.63, 3.8) is 0 Å². The lowest BCUT2D eigenvalue weighted by Gasteiger charge is -2.29. The fourth-order valence-electron chi connectivity index (χ4n) is 2.43. The van der Waals surface area contributed by atoms with Gasteiger partial charge in [-0.05, 0) is 20.3 Å². The molecule has 21 heavy (non-hydrogen) atoms. The summed E-state index contributed by atoms with van der Waals surface area (Å²) in [5.74, 6) is 1.60. The van der Waals surface area contributed by atoms with Crippen LogP contribution in [-0.4, -0.2) is 60.3 Å². The standard InChI is InChI=1S/C15H27N5O/c1-4-5-16-15-18-12(2)10-14(19-15)17-13(3)11-20-6-8-21-9-7-20/h10,13H,4-9,11H2,1-3H3,(H2,16,17,18,19). The molecule has 1 aliphatic heterocycles. The molecule has 2 heterocycles. The van der Waals surface area contributed by atoms with E-state index in [1.807, 2.05) is 13.0 Å². The molecular weight excluding hydrogens is 266 g/mol. The number of anilines is 2. The van der Waals surface area contributed by atoms with Gasteiger partial charge < -0.3 is 15.4 Å². The van der Waals surface area contributed by atoms with E-state index >= 15 is 0 Å². The molecular formula is C15H27N5O. The topological polar surface area (TPSA) is 62.3 Å². The molecule has 0 aliphatic carbocycles. The minimum absolute atomic E-state index is 0.344. The summed E-state index contributed by atoms with van der Waals surface area (Å²) in [5, 5.41) is 6.71. The molecule has 0 spiro atoms. The lowest BCUT2D eigenvalue weighted by molar-refractivity contribution is 0.0368. The highest BCUT2D eigenvalue weighted by Gasteiger charge is 2.14. The van der Waals surface area contributed by atoms with Gasteiger partial charge in [0.25, 0.3) is 0 Å². The van der Waals surface area contributed by atoms with Crippen molar-refractivity contribution in [3.05, 3.63) is 11.8 Å². The van der Waals surface area contributed by atoms with Gasteiger partial charge in [0.05, 0.1) is 13.2 Å². The second kappa shape index (κ2) is 8.14. The van der Waals surface area contributed by atoms with Crippen molar-refractivity contribution in [3.8, 4) is 0 Å². The second-order valence-electron chi connectivity index (χ2n) is 5.60. The van der Waals surface area contributed by atoms with Gasteiger partial charge in [0.1, 0.15) is 5.82 Å². The Morgan fingerprint density at radius 1 is 1.33 bits per heavy atom. The zero-order valence-corrected chi connectivity index (χ0v) is 13.4. The molecule has 6 heteroatoms. The van der Waals surface area contributed by atoms with Crippen LogP contribution >= 0.6 is 0 Å². The van der Waals surface area contributed by atoms with Crippen LogP contribution in [0.4, 0.5) is 11.8 Å². The molecule has 1 aromatic heterocycles. The Morgan fingerprint density at radius 3 is 2.81 bits per heavy atom. The van der Waals surface area contributed by atoms with Crippen molar-refractivity contribution < 1.29 is 4.74 Å². The van der Waals surface area contributed by atoms with Gasteiger partial charge in [-0.3, -0.25) is 4.90 Å². The highest BCUT2D eigenvalue weighted by atomic mass is 16.5. The molecule has 0 saturated carbocycles. The molecule has 0 radical (unpaired) electrons. The third kappa shape index (κ3) is 5.47. The number of nitrogens with zero attached hydrogens (tertiary/aromatic N) is 3. The van der Waals surface area contributed by atoms with E-state index in [4.69, 9.17) is 4.74 Å².